The minimum absolute atomic E-state index is 0.110. The number of ether oxygens (including phenoxy) is 2. The first-order valence-corrected chi connectivity index (χ1v) is 7.42. The predicted molar refractivity (Wildman–Crippen MR) is 81.2 cm³/mol. The number of hydrogen-bond donors (Lipinski definition) is 1. The average molecular weight is 317 g/mol. The minimum atomic E-state index is -0.200. The van der Waals surface area contributed by atoms with Crippen LogP contribution in [-0.2, 0) is 4.74 Å². The van der Waals surface area contributed by atoms with Gasteiger partial charge in [-0.05, 0) is 18.6 Å². The van der Waals surface area contributed by atoms with E-state index in [1.54, 1.807) is 30.3 Å². The third-order valence-corrected chi connectivity index (χ3v) is 3.99. The second kappa shape index (κ2) is 6.74. The second-order valence-electron chi connectivity index (χ2n) is 5.42. The van der Waals surface area contributed by atoms with Gasteiger partial charge in [0, 0.05) is 32.3 Å². The van der Waals surface area contributed by atoms with Gasteiger partial charge in [-0.25, -0.2) is 9.97 Å². The van der Waals surface area contributed by atoms with Crippen molar-refractivity contribution < 1.29 is 14.3 Å². The average Bonchev–Trinajstić information content (AvgIpc) is 3.25. The zero-order valence-corrected chi connectivity index (χ0v) is 13.1. The van der Waals surface area contributed by atoms with Crippen LogP contribution < -0.4 is 4.74 Å². The number of hydrogen-bond acceptors (Lipinski definition) is 6. The van der Waals surface area contributed by atoms with Crippen LogP contribution in [0.1, 0.15) is 28.7 Å². The molecule has 3 heterocycles. The Balaban J connectivity index is 1.71. The molecule has 2 atom stereocenters. The molecule has 1 aliphatic heterocycles. The molecule has 8 heteroatoms. The SMILES string of the molecule is COc1cccnc1C(=O)N(C)C[C@H]1OCC[C@H]1c1ncn[nH]1. The lowest BCUT2D eigenvalue weighted by molar-refractivity contribution is 0.0543. The fourth-order valence-electron chi connectivity index (χ4n) is 2.78. The molecule has 0 aliphatic carbocycles. The maximum Gasteiger partial charge on any atom is 0.276 e. The number of pyridine rings is 1. The number of rotatable bonds is 5. The Morgan fingerprint density at radius 2 is 2.39 bits per heavy atom. The molecule has 1 fully saturated rings. The third-order valence-electron chi connectivity index (χ3n) is 3.99. The van der Waals surface area contributed by atoms with E-state index in [0.717, 1.165) is 12.2 Å². The molecule has 0 radical (unpaired) electrons. The van der Waals surface area contributed by atoms with Gasteiger partial charge >= 0.3 is 0 Å². The number of aromatic nitrogens is 4. The number of H-pyrrole nitrogens is 1. The van der Waals surface area contributed by atoms with E-state index in [1.165, 1.54) is 13.4 Å². The van der Waals surface area contributed by atoms with Gasteiger partial charge in [0.25, 0.3) is 5.91 Å². The highest BCUT2D eigenvalue weighted by Crippen LogP contribution is 2.29. The lowest BCUT2D eigenvalue weighted by Gasteiger charge is -2.24. The fourth-order valence-corrected chi connectivity index (χ4v) is 2.78. The molecule has 3 rings (SSSR count). The number of aromatic amines is 1. The number of methoxy groups -OCH3 is 1. The molecule has 0 saturated carbocycles. The van der Waals surface area contributed by atoms with E-state index in [9.17, 15) is 4.79 Å². The first-order chi connectivity index (χ1) is 11.2. The summed E-state index contributed by atoms with van der Waals surface area (Å²) in [5.74, 6) is 1.17. The van der Waals surface area contributed by atoms with Crippen LogP contribution in [-0.4, -0.2) is 64.4 Å². The summed E-state index contributed by atoms with van der Waals surface area (Å²) in [6.07, 6.45) is 3.80. The Hall–Kier alpha value is -2.48. The van der Waals surface area contributed by atoms with Crippen molar-refractivity contribution in [2.24, 2.45) is 0 Å². The smallest absolute Gasteiger partial charge is 0.276 e. The van der Waals surface area contributed by atoms with Gasteiger partial charge in [0.15, 0.2) is 5.69 Å². The van der Waals surface area contributed by atoms with Crippen LogP contribution in [0.25, 0.3) is 0 Å². The van der Waals surface area contributed by atoms with E-state index in [1.807, 2.05) is 0 Å². The van der Waals surface area contributed by atoms with Crippen LogP contribution in [0.5, 0.6) is 5.75 Å². The summed E-state index contributed by atoms with van der Waals surface area (Å²) in [5.41, 5.74) is 0.298. The topological polar surface area (TPSA) is 93.2 Å². The fraction of sp³-hybridized carbons (Fsp3) is 0.467. The normalized spacial score (nSPS) is 20.4. The summed E-state index contributed by atoms with van der Waals surface area (Å²) in [6, 6.07) is 3.45. The third kappa shape index (κ3) is 3.16. The molecule has 23 heavy (non-hydrogen) atoms. The van der Waals surface area contributed by atoms with E-state index < -0.39 is 0 Å². The van der Waals surface area contributed by atoms with Crippen molar-refractivity contribution >= 4 is 5.91 Å². The summed E-state index contributed by atoms with van der Waals surface area (Å²) in [7, 11) is 3.25. The van der Waals surface area contributed by atoms with Crippen molar-refractivity contribution in [2.75, 3.05) is 27.3 Å². The molecule has 122 valence electrons. The molecule has 1 amide bonds. The van der Waals surface area contributed by atoms with Crippen molar-refractivity contribution in [1.82, 2.24) is 25.1 Å². The van der Waals surface area contributed by atoms with E-state index in [0.29, 0.717) is 24.6 Å². The zero-order valence-electron chi connectivity index (χ0n) is 13.1. The molecule has 0 aromatic carbocycles. The van der Waals surface area contributed by atoms with Gasteiger partial charge in [0.2, 0.25) is 0 Å². The van der Waals surface area contributed by atoms with Crippen molar-refractivity contribution in [3.8, 4) is 5.75 Å². The maximum atomic E-state index is 12.6. The Kier molecular flexibility index (Phi) is 4.52. The molecule has 1 aliphatic rings. The molecule has 0 spiro atoms. The van der Waals surface area contributed by atoms with Crippen molar-refractivity contribution in [2.45, 2.75) is 18.4 Å². The number of nitrogens with zero attached hydrogens (tertiary/aromatic N) is 4. The number of amides is 1. The zero-order chi connectivity index (χ0) is 16.2. The van der Waals surface area contributed by atoms with Gasteiger partial charge in [-0.2, -0.15) is 5.10 Å². The lowest BCUT2D eigenvalue weighted by Crippen LogP contribution is -2.37. The van der Waals surface area contributed by atoms with Gasteiger partial charge in [-0.3, -0.25) is 9.89 Å². The van der Waals surface area contributed by atoms with E-state index in [-0.39, 0.29) is 17.9 Å². The standard InChI is InChI=1S/C15H19N5O3/c1-20(15(21)13-11(22-2)4-3-6-16-13)8-12-10(5-7-23-12)14-17-9-18-19-14/h3-4,6,9-10,12H,5,7-8H2,1-2H3,(H,17,18,19)/t10-,12-/m1/s1. The molecule has 0 bridgehead atoms. The number of carbonyl (C=O) groups excluding carboxylic acids is 1. The van der Waals surface area contributed by atoms with E-state index in [2.05, 4.69) is 20.2 Å². The van der Waals surface area contributed by atoms with Crippen LogP contribution in [0.4, 0.5) is 0 Å². The van der Waals surface area contributed by atoms with Gasteiger partial charge < -0.3 is 14.4 Å². The first-order valence-electron chi connectivity index (χ1n) is 7.42. The van der Waals surface area contributed by atoms with Crippen LogP contribution in [0.3, 0.4) is 0 Å². The number of nitrogens with one attached hydrogen (secondary N) is 1. The molecule has 2 aromatic heterocycles. The van der Waals surface area contributed by atoms with Gasteiger partial charge in [0.05, 0.1) is 13.2 Å². The molecule has 1 saturated heterocycles. The van der Waals surface area contributed by atoms with Gasteiger partial charge in [-0.15, -0.1) is 0 Å². The van der Waals surface area contributed by atoms with Crippen molar-refractivity contribution in [3.05, 3.63) is 36.2 Å². The largest absolute Gasteiger partial charge is 0.494 e. The monoisotopic (exact) mass is 317 g/mol. The Labute approximate surface area is 133 Å². The van der Waals surface area contributed by atoms with Gasteiger partial charge in [0.1, 0.15) is 17.9 Å². The molecular weight excluding hydrogens is 298 g/mol. The van der Waals surface area contributed by atoms with Crippen molar-refractivity contribution in [1.29, 1.82) is 0 Å². The molecule has 8 nitrogen and oxygen atoms in total. The Morgan fingerprint density at radius 3 is 3.13 bits per heavy atom. The summed E-state index contributed by atoms with van der Waals surface area (Å²) >= 11 is 0. The summed E-state index contributed by atoms with van der Waals surface area (Å²) in [5, 5.41) is 6.77. The summed E-state index contributed by atoms with van der Waals surface area (Å²) in [6.45, 7) is 1.09. The first kappa shape index (κ1) is 15.4. The Bertz CT molecular complexity index is 661. The Morgan fingerprint density at radius 1 is 1.52 bits per heavy atom. The van der Waals surface area contributed by atoms with Crippen LogP contribution >= 0.6 is 0 Å². The second-order valence-corrected chi connectivity index (χ2v) is 5.42. The van der Waals surface area contributed by atoms with Crippen LogP contribution in [0.15, 0.2) is 24.7 Å². The maximum absolute atomic E-state index is 12.6. The van der Waals surface area contributed by atoms with E-state index in [4.69, 9.17) is 9.47 Å². The minimum Gasteiger partial charge on any atom is -0.494 e. The van der Waals surface area contributed by atoms with E-state index >= 15 is 0 Å². The molecular formula is C15H19N5O3. The van der Waals surface area contributed by atoms with Gasteiger partial charge in [-0.1, -0.05) is 0 Å². The lowest BCUT2D eigenvalue weighted by atomic mass is 10.0. The number of carbonyl (C=O) groups is 1. The highest BCUT2D eigenvalue weighted by molar-refractivity contribution is 5.94. The molecule has 1 N–H and O–H groups in total. The molecule has 0 unspecified atom stereocenters. The van der Waals surface area contributed by atoms with Crippen LogP contribution in [0.2, 0.25) is 0 Å². The number of likely N-dealkylation sites (N-methyl/N-ethyl adjacent to an activating group) is 1. The van der Waals surface area contributed by atoms with Crippen LogP contribution in [0, 0.1) is 0 Å². The summed E-state index contributed by atoms with van der Waals surface area (Å²) < 4.78 is 11.0. The quantitative estimate of drug-likeness (QED) is 0.879. The highest BCUT2D eigenvalue weighted by atomic mass is 16.5. The predicted octanol–water partition coefficient (Wildman–Crippen LogP) is 0.853. The van der Waals surface area contributed by atoms with Crippen molar-refractivity contribution in [3.63, 3.8) is 0 Å². The summed E-state index contributed by atoms with van der Waals surface area (Å²) in [4.78, 5) is 22.5. The highest BCUT2D eigenvalue weighted by Gasteiger charge is 2.34. The molecule has 2 aromatic rings.